The van der Waals surface area contributed by atoms with Gasteiger partial charge in [0.05, 0.1) is 5.75 Å². The average molecular weight is 218 g/mol. The molecule has 0 aliphatic heterocycles. The largest absolute Gasteiger partial charge is 0.299 e. The van der Waals surface area contributed by atoms with Crippen LogP contribution in [0, 0.1) is 5.92 Å². The fraction of sp³-hybridized carbons (Fsp3) is 0.900. The molecule has 0 heterocycles. The third-order valence-corrected chi connectivity index (χ3v) is 4.67. The summed E-state index contributed by atoms with van der Waals surface area (Å²) in [6.45, 7) is 1.64. The summed E-state index contributed by atoms with van der Waals surface area (Å²) < 4.78 is 22.2. The molecule has 14 heavy (non-hydrogen) atoms. The number of ketones is 1. The highest BCUT2D eigenvalue weighted by molar-refractivity contribution is 7.91. The predicted octanol–water partition coefficient (Wildman–Crippen LogP) is 1.57. The molecule has 0 bridgehead atoms. The second-order valence-corrected chi connectivity index (χ2v) is 6.41. The average Bonchev–Trinajstić information content (AvgIpc) is 2.01. The van der Waals surface area contributed by atoms with Gasteiger partial charge in [0.25, 0.3) is 0 Å². The van der Waals surface area contributed by atoms with E-state index in [1.807, 2.05) is 0 Å². The van der Waals surface area contributed by atoms with E-state index in [-0.39, 0.29) is 23.2 Å². The van der Waals surface area contributed by atoms with E-state index in [1.165, 1.54) is 0 Å². The Kier molecular flexibility index (Phi) is 4.11. The minimum Gasteiger partial charge on any atom is -0.299 e. The number of hydrogen-bond acceptors (Lipinski definition) is 3. The van der Waals surface area contributed by atoms with Gasteiger partial charge < -0.3 is 0 Å². The summed E-state index contributed by atoms with van der Waals surface area (Å²) in [5.41, 5.74) is 0. The highest BCUT2D eigenvalue weighted by atomic mass is 32.2. The zero-order valence-corrected chi connectivity index (χ0v) is 9.48. The van der Waals surface area contributed by atoms with Crippen LogP contribution in [0.2, 0.25) is 0 Å². The summed E-state index contributed by atoms with van der Waals surface area (Å²) in [4.78, 5) is 11.4. The topological polar surface area (TPSA) is 51.2 Å². The van der Waals surface area contributed by atoms with Crippen molar-refractivity contribution in [2.24, 2.45) is 5.92 Å². The van der Waals surface area contributed by atoms with Gasteiger partial charge in [-0.25, -0.2) is 8.42 Å². The molecule has 4 heteroatoms. The van der Waals surface area contributed by atoms with Crippen LogP contribution in [-0.4, -0.2) is 25.7 Å². The van der Waals surface area contributed by atoms with Crippen molar-refractivity contribution in [1.29, 1.82) is 0 Å². The molecule has 1 fully saturated rings. The molecule has 1 aliphatic rings. The minimum absolute atomic E-state index is 0.169. The first kappa shape index (κ1) is 11.7. The summed E-state index contributed by atoms with van der Waals surface area (Å²) >= 11 is 0. The number of carbonyl (C=O) groups excluding carboxylic acids is 1. The van der Waals surface area contributed by atoms with Crippen molar-refractivity contribution in [3.63, 3.8) is 0 Å². The van der Waals surface area contributed by atoms with Gasteiger partial charge in [0, 0.05) is 18.1 Å². The van der Waals surface area contributed by atoms with Crippen LogP contribution in [0.5, 0.6) is 0 Å². The van der Waals surface area contributed by atoms with Crippen LogP contribution in [0.15, 0.2) is 0 Å². The van der Waals surface area contributed by atoms with Gasteiger partial charge in [-0.05, 0) is 19.3 Å². The molecule has 1 rings (SSSR count). The Hall–Kier alpha value is -0.380. The van der Waals surface area contributed by atoms with Crippen LogP contribution in [0.25, 0.3) is 0 Å². The molecule has 0 aromatic carbocycles. The molecule has 3 nitrogen and oxygen atoms in total. The first-order chi connectivity index (χ1) is 6.55. The van der Waals surface area contributed by atoms with Gasteiger partial charge in [0.2, 0.25) is 0 Å². The second kappa shape index (κ2) is 4.91. The molecule has 1 saturated carbocycles. The van der Waals surface area contributed by atoms with Crippen LogP contribution in [-0.2, 0) is 14.6 Å². The summed E-state index contributed by atoms with van der Waals surface area (Å²) in [7, 11) is -2.88. The van der Waals surface area contributed by atoms with E-state index >= 15 is 0 Å². The lowest BCUT2D eigenvalue weighted by atomic mass is 9.81. The Morgan fingerprint density at radius 1 is 1.36 bits per heavy atom. The van der Waals surface area contributed by atoms with Gasteiger partial charge in [0.1, 0.15) is 15.6 Å². The zero-order chi connectivity index (χ0) is 10.6. The maximum Gasteiger partial charge on any atom is 0.150 e. The lowest BCUT2D eigenvalue weighted by Crippen LogP contribution is -2.22. The maximum absolute atomic E-state index is 11.4. The third kappa shape index (κ3) is 3.40. The molecule has 0 atom stereocenters. The van der Waals surface area contributed by atoms with Crippen molar-refractivity contribution in [1.82, 2.24) is 0 Å². The smallest absolute Gasteiger partial charge is 0.150 e. The van der Waals surface area contributed by atoms with Gasteiger partial charge >= 0.3 is 0 Å². The second-order valence-electron chi connectivity index (χ2n) is 3.93. The zero-order valence-electron chi connectivity index (χ0n) is 8.66. The Labute approximate surface area is 85.8 Å². The fourth-order valence-corrected chi connectivity index (χ4v) is 2.42. The molecule has 0 radical (unpaired) electrons. The van der Waals surface area contributed by atoms with E-state index in [0.717, 1.165) is 19.3 Å². The van der Waals surface area contributed by atoms with Gasteiger partial charge in [-0.2, -0.15) is 0 Å². The summed E-state index contributed by atoms with van der Waals surface area (Å²) in [5.74, 6) is 0.869. The Balaban J connectivity index is 2.17. The van der Waals surface area contributed by atoms with Crippen molar-refractivity contribution in [2.45, 2.75) is 39.0 Å². The van der Waals surface area contributed by atoms with Crippen LogP contribution in [0.4, 0.5) is 0 Å². The normalized spacial score (nSPS) is 17.8. The van der Waals surface area contributed by atoms with Gasteiger partial charge in [-0.1, -0.05) is 13.3 Å². The fourth-order valence-electron chi connectivity index (χ4n) is 1.54. The number of sulfone groups is 1. The first-order valence-corrected chi connectivity index (χ1v) is 7.10. The van der Waals surface area contributed by atoms with E-state index < -0.39 is 9.84 Å². The molecule has 0 aromatic rings. The molecule has 0 spiro atoms. The quantitative estimate of drug-likeness (QED) is 0.680. The van der Waals surface area contributed by atoms with Gasteiger partial charge in [0.15, 0.2) is 0 Å². The lowest BCUT2D eigenvalue weighted by molar-refractivity contribution is -0.125. The molecule has 82 valence electrons. The number of hydrogen-bond donors (Lipinski definition) is 0. The summed E-state index contributed by atoms with van der Waals surface area (Å²) in [6.07, 6.45) is 4.14. The summed E-state index contributed by atoms with van der Waals surface area (Å²) in [5, 5.41) is 0. The molecular formula is C10H18O3S. The van der Waals surface area contributed by atoms with Crippen molar-refractivity contribution in [3.05, 3.63) is 0 Å². The molecule has 0 saturated heterocycles. The van der Waals surface area contributed by atoms with Crippen LogP contribution >= 0.6 is 0 Å². The van der Waals surface area contributed by atoms with E-state index in [2.05, 4.69) is 0 Å². The lowest BCUT2D eigenvalue weighted by Gasteiger charge is -2.23. The minimum atomic E-state index is -2.88. The molecule has 0 unspecified atom stereocenters. The molecule has 1 aliphatic carbocycles. The van der Waals surface area contributed by atoms with Crippen LogP contribution in [0.1, 0.15) is 39.0 Å². The summed E-state index contributed by atoms with van der Waals surface area (Å²) in [6, 6.07) is 0. The predicted molar refractivity (Wildman–Crippen MR) is 55.9 cm³/mol. The van der Waals surface area contributed by atoms with Crippen LogP contribution < -0.4 is 0 Å². The monoisotopic (exact) mass is 218 g/mol. The molecular weight excluding hydrogens is 200 g/mol. The van der Waals surface area contributed by atoms with Gasteiger partial charge in [-0.15, -0.1) is 0 Å². The Morgan fingerprint density at radius 2 is 2.00 bits per heavy atom. The van der Waals surface area contributed by atoms with Crippen molar-refractivity contribution < 1.29 is 13.2 Å². The Bertz CT molecular complexity index is 288. The number of carbonyl (C=O) groups is 1. The molecule has 0 amide bonds. The Morgan fingerprint density at radius 3 is 2.43 bits per heavy atom. The third-order valence-electron chi connectivity index (χ3n) is 2.88. The van der Waals surface area contributed by atoms with E-state index in [4.69, 9.17) is 0 Å². The van der Waals surface area contributed by atoms with E-state index in [0.29, 0.717) is 12.8 Å². The van der Waals surface area contributed by atoms with E-state index in [1.54, 1.807) is 6.92 Å². The molecule has 0 N–H and O–H groups in total. The van der Waals surface area contributed by atoms with Crippen molar-refractivity contribution in [3.8, 4) is 0 Å². The van der Waals surface area contributed by atoms with E-state index in [9.17, 15) is 13.2 Å². The van der Waals surface area contributed by atoms with Crippen molar-refractivity contribution in [2.75, 3.05) is 11.5 Å². The van der Waals surface area contributed by atoms with Crippen molar-refractivity contribution >= 4 is 15.6 Å². The number of Topliss-reactive ketones (excluding diaryl/α,β-unsaturated/α-hetero) is 1. The number of rotatable bonds is 6. The SMILES string of the molecule is CCS(=O)(=O)CCCC(=O)C1CCC1. The first-order valence-electron chi connectivity index (χ1n) is 5.28. The van der Waals surface area contributed by atoms with Crippen LogP contribution in [0.3, 0.4) is 0 Å². The highest BCUT2D eigenvalue weighted by Crippen LogP contribution is 2.28. The maximum atomic E-state index is 11.4. The standard InChI is InChI=1S/C10H18O3S/c1-2-14(12,13)8-4-7-10(11)9-5-3-6-9/h9H,2-8H2,1H3. The molecule has 0 aromatic heterocycles. The highest BCUT2D eigenvalue weighted by Gasteiger charge is 2.24. The van der Waals surface area contributed by atoms with Gasteiger partial charge in [-0.3, -0.25) is 4.79 Å².